The van der Waals surface area contributed by atoms with Crippen molar-refractivity contribution in [2.45, 2.75) is 19.3 Å². The van der Waals surface area contributed by atoms with Crippen LogP contribution in [0, 0.1) is 5.92 Å². The summed E-state index contributed by atoms with van der Waals surface area (Å²) in [5.74, 6) is 0.948. The third kappa shape index (κ3) is 2.29. The van der Waals surface area contributed by atoms with Crippen LogP contribution in [0.4, 0.5) is 0 Å². The maximum absolute atomic E-state index is 11.8. The number of fused-ring (bicyclic) bond motifs is 1. The van der Waals surface area contributed by atoms with E-state index in [9.17, 15) is 4.79 Å². The van der Waals surface area contributed by atoms with Crippen molar-refractivity contribution in [1.82, 2.24) is 15.3 Å². The monoisotopic (exact) mass is 243 g/mol. The van der Waals surface area contributed by atoms with E-state index in [-0.39, 0.29) is 0 Å². The summed E-state index contributed by atoms with van der Waals surface area (Å²) in [6, 6.07) is 4.03. The summed E-state index contributed by atoms with van der Waals surface area (Å²) in [6.07, 6.45) is 5.88. The number of nitrogens with zero attached hydrogens (tertiary/aromatic N) is 1. The van der Waals surface area contributed by atoms with Gasteiger partial charge in [0.2, 0.25) is 0 Å². The van der Waals surface area contributed by atoms with Crippen LogP contribution >= 0.6 is 0 Å². The normalized spacial score (nSPS) is 15.8. The molecule has 2 aromatic heterocycles. The molecule has 0 aromatic carbocycles. The van der Waals surface area contributed by atoms with Gasteiger partial charge < -0.3 is 10.3 Å². The molecule has 3 rings (SSSR count). The summed E-state index contributed by atoms with van der Waals surface area (Å²) >= 11 is 0. The number of aryl methyl sites for hydroxylation is 1. The van der Waals surface area contributed by atoms with E-state index >= 15 is 0 Å². The van der Waals surface area contributed by atoms with Crippen molar-refractivity contribution in [1.29, 1.82) is 0 Å². The molecule has 1 fully saturated rings. The molecule has 0 saturated carbocycles. The molecule has 94 valence electrons. The van der Waals surface area contributed by atoms with Crippen molar-refractivity contribution in [3.8, 4) is 0 Å². The smallest absolute Gasteiger partial charge is 0.137 e. The number of rotatable bonds is 5. The number of aromatic nitrogens is 2. The molecule has 2 N–H and O–H groups in total. The van der Waals surface area contributed by atoms with Crippen molar-refractivity contribution in [2.75, 3.05) is 13.1 Å². The van der Waals surface area contributed by atoms with E-state index in [0.29, 0.717) is 18.1 Å². The van der Waals surface area contributed by atoms with E-state index in [1.807, 2.05) is 18.3 Å². The SMILES string of the molecule is O=C(CCc1ccnc2[nH]ccc12)CC1CNC1. The molecule has 0 atom stereocenters. The van der Waals surface area contributed by atoms with Crippen molar-refractivity contribution in [2.24, 2.45) is 5.92 Å². The van der Waals surface area contributed by atoms with Crippen LogP contribution in [0.2, 0.25) is 0 Å². The first-order valence-electron chi connectivity index (χ1n) is 6.46. The molecule has 4 nitrogen and oxygen atoms in total. The average Bonchev–Trinajstić information content (AvgIpc) is 2.80. The summed E-state index contributed by atoms with van der Waals surface area (Å²) in [4.78, 5) is 19.2. The Bertz CT molecular complexity index is 557. The quantitative estimate of drug-likeness (QED) is 0.840. The highest BCUT2D eigenvalue weighted by atomic mass is 16.1. The number of ketones is 1. The number of pyridine rings is 1. The Morgan fingerprint density at radius 2 is 2.28 bits per heavy atom. The van der Waals surface area contributed by atoms with Crippen LogP contribution in [-0.2, 0) is 11.2 Å². The van der Waals surface area contributed by atoms with E-state index in [1.165, 1.54) is 5.56 Å². The first kappa shape index (κ1) is 11.4. The van der Waals surface area contributed by atoms with Crippen LogP contribution in [0.1, 0.15) is 18.4 Å². The number of nitrogens with one attached hydrogen (secondary N) is 2. The molecule has 3 heterocycles. The second-order valence-corrected chi connectivity index (χ2v) is 4.98. The van der Waals surface area contributed by atoms with Crippen LogP contribution in [-0.4, -0.2) is 28.8 Å². The van der Waals surface area contributed by atoms with Gasteiger partial charge >= 0.3 is 0 Å². The third-order valence-electron chi connectivity index (χ3n) is 3.61. The number of hydrogen-bond donors (Lipinski definition) is 2. The highest BCUT2D eigenvalue weighted by Gasteiger charge is 2.19. The number of aromatic amines is 1. The zero-order valence-electron chi connectivity index (χ0n) is 10.3. The van der Waals surface area contributed by atoms with Crippen LogP contribution in [0.15, 0.2) is 24.5 Å². The molecule has 2 aromatic rings. The minimum atomic E-state index is 0.377. The Kier molecular flexibility index (Phi) is 3.11. The highest BCUT2D eigenvalue weighted by Crippen LogP contribution is 2.18. The van der Waals surface area contributed by atoms with Crippen molar-refractivity contribution >= 4 is 16.8 Å². The van der Waals surface area contributed by atoms with Gasteiger partial charge in [0.05, 0.1) is 0 Å². The molecule has 0 bridgehead atoms. The molecular weight excluding hydrogens is 226 g/mol. The molecule has 1 aliphatic rings. The van der Waals surface area contributed by atoms with E-state index < -0.39 is 0 Å². The predicted molar refractivity (Wildman–Crippen MR) is 70.4 cm³/mol. The number of Topliss-reactive ketones (excluding diaryl/α,β-unsaturated/α-hetero) is 1. The zero-order valence-corrected chi connectivity index (χ0v) is 10.3. The Balaban J connectivity index is 1.62. The Hall–Kier alpha value is -1.68. The minimum Gasteiger partial charge on any atom is -0.346 e. The first-order chi connectivity index (χ1) is 8.83. The number of carbonyl (C=O) groups excluding carboxylic acids is 1. The van der Waals surface area contributed by atoms with Gasteiger partial charge in [-0.2, -0.15) is 0 Å². The van der Waals surface area contributed by atoms with Crippen LogP contribution in [0.25, 0.3) is 11.0 Å². The molecule has 1 aliphatic heterocycles. The van der Waals surface area contributed by atoms with Gasteiger partial charge in [0.25, 0.3) is 0 Å². The average molecular weight is 243 g/mol. The number of H-pyrrole nitrogens is 1. The lowest BCUT2D eigenvalue weighted by molar-refractivity contribution is -0.120. The number of hydrogen-bond acceptors (Lipinski definition) is 3. The number of carbonyl (C=O) groups is 1. The predicted octanol–water partition coefficient (Wildman–Crippen LogP) is 1.67. The minimum absolute atomic E-state index is 0.377. The largest absolute Gasteiger partial charge is 0.346 e. The Labute approximate surface area is 106 Å². The second kappa shape index (κ2) is 4.90. The van der Waals surface area contributed by atoms with E-state index in [1.54, 1.807) is 6.20 Å². The van der Waals surface area contributed by atoms with Crippen LogP contribution in [0.5, 0.6) is 0 Å². The van der Waals surface area contributed by atoms with E-state index in [2.05, 4.69) is 15.3 Å². The van der Waals surface area contributed by atoms with Gasteiger partial charge in [-0.3, -0.25) is 4.79 Å². The van der Waals surface area contributed by atoms with Gasteiger partial charge in [-0.25, -0.2) is 4.98 Å². The second-order valence-electron chi connectivity index (χ2n) is 4.98. The van der Waals surface area contributed by atoms with Gasteiger partial charge in [-0.1, -0.05) is 0 Å². The molecule has 4 heteroatoms. The lowest BCUT2D eigenvalue weighted by Crippen LogP contribution is -2.42. The van der Waals surface area contributed by atoms with Crippen LogP contribution < -0.4 is 5.32 Å². The lowest BCUT2D eigenvalue weighted by Gasteiger charge is -2.26. The Morgan fingerprint density at radius 3 is 3.06 bits per heavy atom. The maximum Gasteiger partial charge on any atom is 0.137 e. The molecule has 0 amide bonds. The maximum atomic E-state index is 11.8. The lowest BCUT2D eigenvalue weighted by atomic mass is 9.94. The molecule has 0 unspecified atom stereocenters. The van der Waals surface area contributed by atoms with Crippen LogP contribution in [0.3, 0.4) is 0 Å². The van der Waals surface area contributed by atoms with Gasteiger partial charge in [0.15, 0.2) is 0 Å². The van der Waals surface area contributed by atoms with Gasteiger partial charge in [-0.05, 0) is 43.1 Å². The van der Waals surface area contributed by atoms with Crippen molar-refractivity contribution in [3.63, 3.8) is 0 Å². The molecular formula is C14H17N3O. The zero-order chi connectivity index (χ0) is 12.4. The summed E-state index contributed by atoms with van der Waals surface area (Å²) < 4.78 is 0. The van der Waals surface area contributed by atoms with Gasteiger partial charge in [0, 0.05) is 30.6 Å². The van der Waals surface area contributed by atoms with Gasteiger partial charge in [0.1, 0.15) is 11.4 Å². The molecule has 18 heavy (non-hydrogen) atoms. The fourth-order valence-electron chi connectivity index (χ4n) is 2.43. The highest BCUT2D eigenvalue weighted by molar-refractivity contribution is 5.82. The van der Waals surface area contributed by atoms with Gasteiger partial charge in [-0.15, -0.1) is 0 Å². The van der Waals surface area contributed by atoms with E-state index in [0.717, 1.165) is 37.0 Å². The Morgan fingerprint density at radius 1 is 1.39 bits per heavy atom. The summed E-state index contributed by atoms with van der Waals surface area (Å²) in [6.45, 7) is 2.01. The summed E-state index contributed by atoms with van der Waals surface area (Å²) in [5, 5.41) is 4.33. The summed E-state index contributed by atoms with van der Waals surface area (Å²) in [7, 11) is 0. The molecule has 0 aliphatic carbocycles. The fourth-order valence-corrected chi connectivity index (χ4v) is 2.43. The third-order valence-corrected chi connectivity index (χ3v) is 3.61. The molecule has 1 saturated heterocycles. The fraction of sp³-hybridized carbons (Fsp3) is 0.429. The molecule has 0 spiro atoms. The van der Waals surface area contributed by atoms with E-state index in [4.69, 9.17) is 0 Å². The molecule has 0 radical (unpaired) electrons. The summed E-state index contributed by atoms with van der Waals surface area (Å²) in [5.41, 5.74) is 2.12. The topological polar surface area (TPSA) is 57.8 Å². The van der Waals surface area contributed by atoms with Crippen molar-refractivity contribution < 1.29 is 4.79 Å². The first-order valence-corrected chi connectivity index (χ1v) is 6.46. The van der Waals surface area contributed by atoms with Crippen molar-refractivity contribution in [3.05, 3.63) is 30.1 Å². The standard InChI is InChI=1S/C14H17N3O/c18-12(7-10-8-15-9-10)2-1-11-3-5-16-14-13(11)4-6-17-14/h3-6,10,15H,1-2,7-9H2,(H,16,17).